The molecule has 2 rings (SSSR count). The Kier molecular flexibility index (Phi) is 1.36. The number of hydrogen-bond donors (Lipinski definition) is 1. The molecule has 2 heterocycles. The molecule has 4 heteroatoms. The number of carbonyl (C=O) groups is 1. The van der Waals surface area contributed by atoms with Gasteiger partial charge in [-0.2, -0.15) is 0 Å². The molecule has 2 aliphatic heterocycles. The third kappa shape index (κ3) is 1.09. The number of fused-ring (bicyclic) bond motifs is 1. The molecular weight excluding hydrogens is 160 g/mol. The van der Waals surface area contributed by atoms with E-state index in [9.17, 15) is 4.79 Å². The van der Waals surface area contributed by atoms with E-state index in [2.05, 4.69) is 19.2 Å². The normalized spacial score (nSPS) is 33.8. The first-order chi connectivity index (χ1) is 5.08. The maximum Gasteiger partial charge on any atom is 0.318 e. The highest BCUT2D eigenvalue weighted by molar-refractivity contribution is 8.01. The van der Waals surface area contributed by atoms with E-state index in [-0.39, 0.29) is 10.8 Å². The predicted octanol–water partition coefficient (Wildman–Crippen LogP) is 0.863. The molecule has 0 spiro atoms. The van der Waals surface area contributed by atoms with Gasteiger partial charge in [0.1, 0.15) is 0 Å². The van der Waals surface area contributed by atoms with E-state index in [0.717, 1.165) is 13.1 Å². The van der Waals surface area contributed by atoms with Crippen LogP contribution in [-0.4, -0.2) is 34.1 Å². The third-order valence-corrected chi connectivity index (χ3v) is 3.50. The van der Waals surface area contributed by atoms with Gasteiger partial charge >= 0.3 is 6.03 Å². The highest BCUT2D eigenvalue weighted by atomic mass is 32.2. The van der Waals surface area contributed by atoms with Gasteiger partial charge in [0, 0.05) is 17.8 Å². The molecule has 0 bridgehead atoms. The summed E-state index contributed by atoms with van der Waals surface area (Å²) < 4.78 is 0.252. The molecular formula is C7H12N2OS. The van der Waals surface area contributed by atoms with Crippen LogP contribution in [0.1, 0.15) is 13.8 Å². The molecule has 62 valence electrons. The second kappa shape index (κ2) is 2.06. The highest BCUT2D eigenvalue weighted by Gasteiger charge is 2.44. The van der Waals surface area contributed by atoms with Crippen molar-refractivity contribution < 1.29 is 4.79 Å². The summed E-state index contributed by atoms with van der Waals surface area (Å²) >= 11 is 1.88. The van der Waals surface area contributed by atoms with Crippen molar-refractivity contribution in [1.29, 1.82) is 0 Å². The summed E-state index contributed by atoms with van der Waals surface area (Å²) in [6.45, 7) is 6.06. The molecule has 11 heavy (non-hydrogen) atoms. The molecule has 0 aromatic rings. The number of hydrogen-bond acceptors (Lipinski definition) is 2. The van der Waals surface area contributed by atoms with Crippen LogP contribution < -0.4 is 5.32 Å². The van der Waals surface area contributed by atoms with Crippen LogP contribution in [0.4, 0.5) is 4.79 Å². The number of rotatable bonds is 0. The van der Waals surface area contributed by atoms with Crippen molar-refractivity contribution in [3.05, 3.63) is 0 Å². The summed E-state index contributed by atoms with van der Waals surface area (Å²) in [6, 6.07) is 0.105. The highest BCUT2D eigenvalue weighted by Crippen LogP contribution is 2.40. The quantitative estimate of drug-likeness (QED) is 0.588. The SMILES string of the molecule is CC1(C)CN2C(=O)NCC2S1. The van der Waals surface area contributed by atoms with Crippen LogP contribution in [0, 0.1) is 0 Å². The fraction of sp³-hybridized carbons (Fsp3) is 0.857. The van der Waals surface area contributed by atoms with Crippen LogP contribution in [0.25, 0.3) is 0 Å². The Labute approximate surface area is 70.5 Å². The van der Waals surface area contributed by atoms with Crippen molar-refractivity contribution in [3.63, 3.8) is 0 Å². The lowest BCUT2D eigenvalue weighted by molar-refractivity contribution is 0.215. The first kappa shape index (κ1) is 7.28. The van der Waals surface area contributed by atoms with Gasteiger partial charge in [-0.05, 0) is 13.8 Å². The van der Waals surface area contributed by atoms with Gasteiger partial charge < -0.3 is 10.2 Å². The van der Waals surface area contributed by atoms with E-state index in [1.165, 1.54) is 0 Å². The minimum absolute atomic E-state index is 0.105. The fourth-order valence-electron chi connectivity index (χ4n) is 1.61. The van der Waals surface area contributed by atoms with E-state index in [0.29, 0.717) is 5.37 Å². The largest absolute Gasteiger partial charge is 0.335 e. The molecule has 0 aromatic carbocycles. The lowest BCUT2D eigenvalue weighted by atomic mass is 10.2. The van der Waals surface area contributed by atoms with Gasteiger partial charge in [-0.1, -0.05) is 0 Å². The molecule has 2 saturated heterocycles. The summed E-state index contributed by atoms with van der Waals surface area (Å²) in [5.41, 5.74) is 0. The molecule has 1 unspecified atom stereocenters. The molecule has 3 nitrogen and oxygen atoms in total. The monoisotopic (exact) mass is 172 g/mol. The van der Waals surface area contributed by atoms with E-state index >= 15 is 0 Å². The molecule has 2 amide bonds. The second-order valence-electron chi connectivity index (χ2n) is 3.65. The van der Waals surface area contributed by atoms with Gasteiger partial charge in [0.2, 0.25) is 0 Å². The van der Waals surface area contributed by atoms with Gasteiger partial charge in [0.25, 0.3) is 0 Å². The number of thioether (sulfide) groups is 1. The number of urea groups is 1. The predicted molar refractivity (Wildman–Crippen MR) is 45.6 cm³/mol. The third-order valence-electron chi connectivity index (χ3n) is 2.04. The van der Waals surface area contributed by atoms with E-state index < -0.39 is 0 Å². The minimum Gasteiger partial charge on any atom is -0.335 e. The van der Waals surface area contributed by atoms with E-state index in [1.54, 1.807) is 0 Å². The van der Waals surface area contributed by atoms with Gasteiger partial charge in [-0.3, -0.25) is 0 Å². The Bertz CT molecular complexity index is 205. The van der Waals surface area contributed by atoms with Gasteiger partial charge in [-0.15, -0.1) is 11.8 Å². The first-order valence-electron chi connectivity index (χ1n) is 3.81. The minimum atomic E-state index is 0.105. The van der Waals surface area contributed by atoms with Crippen molar-refractivity contribution in [2.45, 2.75) is 24.0 Å². The number of carbonyl (C=O) groups excluding carboxylic acids is 1. The molecule has 2 aliphatic rings. The van der Waals surface area contributed by atoms with Crippen molar-refractivity contribution in [2.75, 3.05) is 13.1 Å². The summed E-state index contributed by atoms with van der Waals surface area (Å²) in [4.78, 5) is 13.1. The Hall–Kier alpha value is -0.380. The van der Waals surface area contributed by atoms with Crippen molar-refractivity contribution in [1.82, 2.24) is 10.2 Å². The van der Waals surface area contributed by atoms with Crippen LogP contribution in [0.3, 0.4) is 0 Å². The standard InChI is InChI=1S/C7H12N2OS/c1-7(2)4-9-5(11-7)3-8-6(9)10/h5H,3-4H2,1-2H3,(H,8,10). The Morgan fingerprint density at radius 1 is 1.73 bits per heavy atom. The lowest BCUT2D eigenvalue weighted by Gasteiger charge is -2.16. The molecule has 0 saturated carbocycles. The fourth-order valence-corrected chi connectivity index (χ4v) is 3.03. The van der Waals surface area contributed by atoms with E-state index in [1.807, 2.05) is 16.7 Å². The molecule has 2 fully saturated rings. The van der Waals surface area contributed by atoms with Gasteiger partial charge in [0.05, 0.1) is 5.37 Å². The van der Waals surface area contributed by atoms with E-state index in [4.69, 9.17) is 0 Å². The number of amides is 2. The summed E-state index contributed by atoms with van der Waals surface area (Å²) in [5.74, 6) is 0. The Morgan fingerprint density at radius 2 is 2.45 bits per heavy atom. The molecule has 0 aliphatic carbocycles. The van der Waals surface area contributed by atoms with Crippen LogP contribution in [0.2, 0.25) is 0 Å². The second-order valence-corrected chi connectivity index (χ2v) is 5.53. The van der Waals surface area contributed by atoms with Crippen molar-refractivity contribution in [3.8, 4) is 0 Å². The zero-order chi connectivity index (χ0) is 8.06. The topological polar surface area (TPSA) is 32.3 Å². The van der Waals surface area contributed by atoms with Crippen LogP contribution in [0.15, 0.2) is 0 Å². The molecule has 0 aromatic heterocycles. The first-order valence-corrected chi connectivity index (χ1v) is 4.69. The number of nitrogens with one attached hydrogen (secondary N) is 1. The van der Waals surface area contributed by atoms with Crippen molar-refractivity contribution in [2.24, 2.45) is 0 Å². The van der Waals surface area contributed by atoms with Gasteiger partial charge in [0.15, 0.2) is 0 Å². The molecule has 1 N–H and O–H groups in total. The average molecular weight is 172 g/mol. The van der Waals surface area contributed by atoms with Crippen molar-refractivity contribution >= 4 is 17.8 Å². The smallest absolute Gasteiger partial charge is 0.318 e. The van der Waals surface area contributed by atoms with Crippen LogP contribution in [0.5, 0.6) is 0 Å². The molecule has 0 radical (unpaired) electrons. The maximum atomic E-state index is 11.1. The Balaban J connectivity index is 2.16. The van der Waals surface area contributed by atoms with Gasteiger partial charge in [-0.25, -0.2) is 4.79 Å². The van der Waals surface area contributed by atoms with Crippen LogP contribution in [-0.2, 0) is 0 Å². The Morgan fingerprint density at radius 3 is 3.09 bits per heavy atom. The summed E-state index contributed by atoms with van der Waals surface area (Å²) in [6.07, 6.45) is 0. The van der Waals surface area contributed by atoms with Crippen LogP contribution >= 0.6 is 11.8 Å². The zero-order valence-corrected chi connectivity index (χ0v) is 7.57. The average Bonchev–Trinajstić information content (AvgIpc) is 2.31. The lowest BCUT2D eigenvalue weighted by Crippen LogP contribution is -2.33. The molecule has 1 atom stereocenters. The number of nitrogens with zero attached hydrogens (tertiary/aromatic N) is 1. The summed E-state index contributed by atoms with van der Waals surface area (Å²) in [5, 5.41) is 3.21. The maximum absolute atomic E-state index is 11.1. The zero-order valence-electron chi connectivity index (χ0n) is 6.76. The summed E-state index contributed by atoms with van der Waals surface area (Å²) in [7, 11) is 0.